The minimum atomic E-state index is 0.0709. The summed E-state index contributed by atoms with van der Waals surface area (Å²) in [6, 6.07) is 8.38. The Hall–Kier alpha value is -1.50. The van der Waals surface area contributed by atoms with Gasteiger partial charge in [-0.2, -0.15) is 5.10 Å². The molecule has 2 aromatic heterocycles. The molecule has 2 aliphatic rings. The molecule has 1 fully saturated rings. The van der Waals surface area contributed by atoms with Crippen LogP contribution in [0.5, 0.6) is 0 Å². The van der Waals surface area contributed by atoms with Gasteiger partial charge in [-0.15, -0.1) is 22.7 Å². The van der Waals surface area contributed by atoms with Crippen molar-refractivity contribution >= 4 is 34.3 Å². The molecule has 0 saturated carbocycles. The fourth-order valence-electron chi connectivity index (χ4n) is 3.38. The summed E-state index contributed by atoms with van der Waals surface area (Å²) < 4.78 is 0. The van der Waals surface area contributed by atoms with Gasteiger partial charge in [0.25, 0.3) is 5.91 Å². The predicted octanol–water partition coefficient (Wildman–Crippen LogP) is 2.17. The van der Waals surface area contributed by atoms with Crippen LogP contribution >= 0.6 is 22.7 Å². The average molecular weight is 347 g/mol. The second-order valence-electron chi connectivity index (χ2n) is 6.13. The molecule has 23 heavy (non-hydrogen) atoms. The zero-order valence-corrected chi connectivity index (χ0v) is 14.5. The van der Waals surface area contributed by atoms with E-state index in [1.165, 1.54) is 27.5 Å². The first-order chi connectivity index (χ1) is 11.3. The molecule has 1 N–H and O–H groups in total. The summed E-state index contributed by atoms with van der Waals surface area (Å²) in [4.78, 5) is 16.6. The number of carbonyl (C=O) groups is 1. The molecule has 2 aromatic rings. The summed E-state index contributed by atoms with van der Waals surface area (Å²) >= 11 is 3.41. The molecule has 4 heterocycles. The molecule has 0 unspecified atom stereocenters. The van der Waals surface area contributed by atoms with Gasteiger partial charge in [0, 0.05) is 24.1 Å². The first-order valence-electron chi connectivity index (χ1n) is 8.11. The van der Waals surface area contributed by atoms with Gasteiger partial charge in [-0.25, -0.2) is 5.01 Å². The summed E-state index contributed by atoms with van der Waals surface area (Å²) in [6.07, 6.45) is 3.30. The van der Waals surface area contributed by atoms with Crippen LogP contribution in [0.3, 0.4) is 0 Å². The molecule has 4 nitrogen and oxygen atoms in total. The Balaban J connectivity index is 1.57. The van der Waals surface area contributed by atoms with Crippen molar-refractivity contribution in [2.75, 3.05) is 19.6 Å². The Kier molecular flexibility index (Phi) is 4.29. The molecular formula is C17H20N3OS2+. The van der Waals surface area contributed by atoms with Crippen LogP contribution in [0.1, 0.15) is 35.1 Å². The number of quaternary nitrogens is 1. The van der Waals surface area contributed by atoms with Crippen LogP contribution < -0.4 is 4.90 Å². The minimum absolute atomic E-state index is 0.0709. The largest absolute Gasteiger partial charge is 0.327 e. The van der Waals surface area contributed by atoms with E-state index in [9.17, 15) is 4.79 Å². The summed E-state index contributed by atoms with van der Waals surface area (Å²) in [6.45, 7) is 2.80. The van der Waals surface area contributed by atoms with Crippen molar-refractivity contribution in [3.8, 4) is 0 Å². The van der Waals surface area contributed by atoms with Gasteiger partial charge in [-0.1, -0.05) is 12.1 Å². The Labute approximate surface area is 144 Å². The molecule has 120 valence electrons. The summed E-state index contributed by atoms with van der Waals surface area (Å²) in [5, 5.41) is 10.6. The number of nitrogens with one attached hydrogen (secondary N) is 1. The molecule has 0 bridgehead atoms. The Bertz CT molecular complexity index is 688. The summed E-state index contributed by atoms with van der Waals surface area (Å²) in [5.74, 6) is 0.159. The lowest BCUT2D eigenvalue weighted by molar-refractivity contribution is -0.879. The van der Waals surface area contributed by atoms with Crippen LogP contribution in [0.2, 0.25) is 0 Å². The van der Waals surface area contributed by atoms with Gasteiger partial charge >= 0.3 is 0 Å². The highest BCUT2D eigenvalue weighted by atomic mass is 32.1. The highest BCUT2D eigenvalue weighted by Gasteiger charge is 2.35. The van der Waals surface area contributed by atoms with Gasteiger partial charge in [0.2, 0.25) is 0 Å². The zero-order chi connectivity index (χ0) is 15.6. The van der Waals surface area contributed by atoms with Crippen LogP contribution in [0.4, 0.5) is 0 Å². The molecule has 0 spiro atoms. The van der Waals surface area contributed by atoms with Gasteiger partial charge < -0.3 is 4.90 Å². The second-order valence-corrected chi connectivity index (χ2v) is 8.06. The monoisotopic (exact) mass is 346 g/mol. The quantitative estimate of drug-likeness (QED) is 0.905. The van der Waals surface area contributed by atoms with E-state index in [0.29, 0.717) is 6.54 Å². The molecule has 0 radical (unpaired) electrons. The van der Waals surface area contributed by atoms with Crippen LogP contribution in [0.25, 0.3) is 0 Å². The Morgan fingerprint density at radius 2 is 2.00 bits per heavy atom. The van der Waals surface area contributed by atoms with Crippen LogP contribution in [-0.4, -0.2) is 36.3 Å². The third-order valence-electron chi connectivity index (χ3n) is 4.55. The van der Waals surface area contributed by atoms with Gasteiger partial charge in [-0.05, 0) is 22.9 Å². The lowest BCUT2D eigenvalue weighted by Crippen LogP contribution is -3.11. The van der Waals surface area contributed by atoms with Gasteiger partial charge in [0.1, 0.15) is 0 Å². The highest BCUT2D eigenvalue weighted by Crippen LogP contribution is 2.35. The van der Waals surface area contributed by atoms with Crippen molar-refractivity contribution in [3.63, 3.8) is 0 Å². The zero-order valence-electron chi connectivity index (χ0n) is 12.9. The number of thiophene rings is 2. The predicted molar refractivity (Wildman–Crippen MR) is 94.2 cm³/mol. The van der Waals surface area contributed by atoms with Crippen LogP contribution in [0.15, 0.2) is 40.1 Å². The highest BCUT2D eigenvalue weighted by molar-refractivity contribution is 7.12. The maximum Gasteiger partial charge on any atom is 0.298 e. The molecule has 2 aliphatic heterocycles. The Morgan fingerprint density at radius 1 is 1.22 bits per heavy atom. The number of carbonyl (C=O) groups excluding carboxylic acids is 1. The van der Waals surface area contributed by atoms with E-state index in [1.807, 2.05) is 6.07 Å². The van der Waals surface area contributed by atoms with E-state index < -0.39 is 0 Å². The minimum Gasteiger partial charge on any atom is -0.327 e. The lowest BCUT2D eigenvalue weighted by atomic mass is 10.1. The molecule has 1 atom stereocenters. The number of amides is 1. The van der Waals surface area contributed by atoms with Crippen molar-refractivity contribution in [1.29, 1.82) is 0 Å². The molecule has 6 heteroatoms. The molecule has 0 aliphatic carbocycles. The summed E-state index contributed by atoms with van der Waals surface area (Å²) in [5.41, 5.74) is 1.04. The standard InChI is InChI=1S/C17H19N3OS2/c21-17(12-19-7-1-2-8-19)20-14(16-6-4-10-23-16)11-13(18-20)15-5-3-9-22-15/h3-6,9-10,14H,1-2,7-8,11-12H2/p+1/t14-/m0/s1. The molecule has 1 amide bonds. The second kappa shape index (κ2) is 6.55. The van der Waals surface area contributed by atoms with Crippen molar-refractivity contribution in [2.45, 2.75) is 25.3 Å². The smallest absolute Gasteiger partial charge is 0.298 e. The lowest BCUT2D eigenvalue weighted by Gasteiger charge is -2.22. The Morgan fingerprint density at radius 3 is 2.70 bits per heavy atom. The molecule has 0 aromatic carbocycles. The van der Waals surface area contributed by atoms with E-state index in [-0.39, 0.29) is 11.9 Å². The number of likely N-dealkylation sites (tertiary alicyclic amines) is 1. The van der Waals surface area contributed by atoms with E-state index in [0.717, 1.165) is 25.2 Å². The molecule has 4 rings (SSSR count). The number of hydrogen-bond donors (Lipinski definition) is 1. The SMILES string of the molecule is O=C(C[NH+]1CCCC1)N1N=C(c2cccs2)C[C@H]1c1cccs1. The normalized spacial score (nSPS) is 21.8. The van der Waals surface area contributed by atoms with Crippen molar-refractivity contribution in [2.24, 2.45) is 5.10 Å². The van der Waals surface area contributed by atoms with Crippen LogP contribution in [0, 0.1) is 0 Å². The van der Waals surface area contributed by atoms with Crippen molar-refractivity contribution in [3.05, 3.63) is 44.8 Å². The number of hydrazone groups is 1. The van der Waals surface area contributed by atoms with E-state index in [1.54, 1.807) is 27.7 Å². The fraction of sp³-hybridized carbons (Fsp3) is 0.412. The number of nitrogens with zero attached hydrogens (tertiary/aromatic N) is 2. The topological polar surface area (TPSA) is 37.1 Å². The average Bonchev–Trinajstić information content (AvgIpc) is 3.30. The van der Waals surface area contributed by atoms with Crippen molar-refractivity contribution in [1.82, 2.24) is 5.01 Å². The van der Waals surface area contributed by atoms with E-state index >= 15 is 0 Å². The summed E-state index contributed by atoms with van der Waals surface area (Å²) in [7, 11) is 0. The number of hydrogen-bond acceptors (Lipinski definition) is 4. The maximum atomic E-state index is 12.8. The van der Waals surface area contributed by atoms with Crippen molar-refractivity contribution < 1.29 is 9.69 Å². The van der Waals surface area contributed by atoms with E-state index in [2.05, 4.69) is 29.0 Å². The fourth-order valence-corrected chi connectivity index (χ4v) is 4.91. The molecule has 1 saturated heterocycles. The number of rotatable bonds is 4. The van der Waals surface area contributed by atoms with Crippen LogP contribution in [-0.2, 0) is 4.79 Å². The van der Waals surface area contributed by atoms with Gasteiger partial charge in [0.05, 0.1) is 29.7 Å². The first-order valence-corrected chi connectivity index (χ1v) is 9.87. The van der Waals surface area contributed by atoms with E-state index in [4.69, 9.17) is 5.10 Å². The molecular weight excluding hydrogens is 326 g/mol. The third kappa shape index (κ3) is 3.11. The van der Waals surface area contributed by atoms with Gasteiger partial charge in [0.15, 0.2) is 6.54 Å². The maximum absolute atomic E-state index is 12.8. The van der Waals surface area contributed by atoms with Gasteiger partial charge in [-0.3, -0.25) is 4.79 Å². The first kappa shape index (κ1) is 15.1. The third-order valence-corrected chi connectivity index (χ3v) is 6.45.